The first-order chi connectivity index (χ1) is 7.32. The summed E-state index contributed by atoms with van der Waals surface area (Å²) in [5.41, 5.74) is -0.154. The maximum Gasteiger partial charge on any atom is 0.276 e. The van der Waals surface area contributed by atoms with E-state index >= 15 is 0 Å². The summed E-state index contributed by atoms with van der Waals surface area (Å²) >= 11 is 0. The average Bonchev–Trinajstić information content (AvgIpc) is 3.00. The first-order valence-corrected chi connectivity index (χ1v) is 7.06. The SMILES string of the molecule is O=S(=O)(Cl)c1ccc(C(F)(F)C2CC2)cc1. The van der Waals surface area contributed by atoms with E-state index in [9.17, 15) is 17.2 Å². The first kappa shape index (κ1) is 11.8. The molecule has 0 N–H and O–H groups in total. The number of rotatable bonds is 3. The Labute approximate surface area is 96.6 Å². The van der Waals surface area contributed by atoms with Crippen molar-refractivity contribution in [3.63, 3.8) is 0 Å². The largest absolute Gasteiger partial charge is 0.276 e. The van der Waals surface area contributed by atoms with E-state index in [0.717, 1.165) is 24.3 Å². The van der Waals surface area contributed by atoms with Crippen LogP contribution in [0.15, 0.2) is 29.2 Å². The zero-order chi connectivity index (χ0) is 12.0. The summed E-state index contributed by atoms with van der Waals surface area (Å²) in [6, 6.07) is 4.45. The van der Waals surface area contributed by atoms with E-state index in [-0.39, 0.29) is 10.5 Å². The van der Waals surface area contributed by atoms with Gasteiger partial charge in [0.2, 0.25) is 0 Å². The molecule has 16 heavy (non-hydrogen) atoms. The summed E-state index contributed by atoms with van der Waals surface area (Å²) in [6.45, 7) is 0. The predicted molar refractivity (Wildman–Crippen MR) is 56.1 cm³/mol. The summed E-state index contributed by atoms with van der Waals surface area (Å²) in [6.07, 6.45) is 1.03. The lowest BCUT2D eigenvalue weighted by molar-refractivity contribution is -0.0285. The van der Waals surface area contributed by atoms with Gasteiger partial charge in [-0.1, -0.05) is 12.1 Å². The van der Waals surface area contributed by atoms with Crippen molar-refractivity contribution in [2.75, 3.05) is 0 Å². The Kier molecular flexibility index (Phi) is 2.70. The fraction of sp³-hybridized carbons (Fsp3) is 0.400. The fourth-order valence-electron chi connectivity index (χ4n) is 1.52. The fourth-order valence-corrected chi connectivity index (χ4v) is 2.29. The second kappa shape index (κ2) is 3.67. The van der Waals surface area contributed by atoms with Gasteiger partial charge in [-0.15, -0.1) is 0 Å². The summed E-state index contributed by atoms with van der Waals surface area (Å²) in [5, 5.41) is 0. The van der Waals surface area contributed by atoms with E-state index in [4.69, 9.17) is 10.7 Å². The van der Waals surface area contributed by atoms with Crippen LogP contribution < -0.4 is 0 Å². The van der Waals surface area contributed by atoms with E-state index in [2.05, 4.69) is 0 Å². The van der Waals surface area contributed by atoms with Crippen molar-refractivity contribution >= 4 is 19.7 Å². The summed E-state index contributed by atoms with van der Waals surface area (Å²) < 4.78 is 49.0. The molecule has 0 amide bonds. The van der Waals surface area contributed by atoms with E-state index in [1.165, 1.54) is 0 Å². The van der Waals surface area contributed by atoms with Gasteiger partial charge in [-0.3, -0.25) is 0 Å². The standard InChI is InChI=1S/C10H9ClF2O2S/c11-16(14,15)9-5-3-8(4-6-9)10(12,13)7-1-2-7/h3-7H,1-2H2. The van der Waals surface area contributed by atoms with Crippen molar-refractivity contribution < 1.29 is 17.2 Å². The monoisotopic (exact) mass is 266 g/mol. The molecule has 2 nitrogen and oxygen atoms in total. The second-order valence-corrected chi connectivity index (χ2v) is 6.43. The van der Waals surface area contributed by atoms with E-state index in [0.29, 0.717) is 12.8 Å². The number of hydrogen-bond donors (Lipinski definition) is 0. The maximum absolute atomic E-state index is 13.6. The molecule has 6 heteroatoms. The molecule has 0 spiro atoms. The molecule has 1 aromatic carbocycles. The Morgan fingerprint density at radius 3 is 2.06 bits per heavy atom. The smallest absolute Gasteiger partial charge is 0.207 e. The van der Waals surface area contributed by atoms with Crippen LogP contribution >= 0.6 is 10.7 Å². The molecule has 0 saturated heterocycles. The second-order valence-electron chi connectivity index (χ2n) is 3.86. The van der Waals surface area contributed by atoms with Crippen LogP contribution in [0.3, 0.4) is 0 Å². The summed E-state index contributed by atoms with van der Waals surface area (Å²) in [4.78, 5) is -0.162. The van der Waals surface area contributed by atoms with Gasteiger partial charge in [-0.25, -0.2) is 17.2 Å². The van der Waals surface area contributed by atoms with Gasteiger partial charge in [-0.05, 0) is 25.0 Å². The summed E-state index contributed by atoms with van der Waals surface area (Å²) in [7, 11) is 1.24. The molecule has 2 rings (SSSR count). The highest BCUT2D eigenvalue weighted by molar-refractivity contribution is 8.13. The van der Waals surface area contributed by atoms with Crippen LogP contribution in [-0.2, 0) is 15.0 Å². The topological polar surface area (TPSA) is 34.1 Å². The maximum atomic E-state index is 13.6. The van der Waals surface area contributed by atoms with Crippen molar-refractivity contribution in [3.8, 4) is 0 Å². The highest BCUT2D eigenvalue weighted by Crippen LogP contribution is 2.49. The van der Waals surface area contributed by atoms with Crippen LogP contribution in [-0.4, -0.2) is 8.42 Å². The summed E-state index contributed by atoms with van der Waals surface area (Å²) in [5.74, 6) is -3.47. The molecule has 1 aromatic rings. The zero-order valence-corrected chi connectivity index (χ0v) is 9.73. The molecule has 1 aliphatic rings. The molecule has 0 atom stereocenters. The predicted octanol–water partition coefficient (Wildman–Crippen LogP) is 3.12. The quantitative estimate of drug-likeness (QED) is 0.788. The Hall–Kier alpha value is -0.680. The van der Waals surface area contributed by atoms with Crippen LogP contribution in [0.25, 0.3) is 0 Å². The van der Waals surface area contributed by atoms with Crippen molar-refractivity contribution in [1.29, 1.82) is 0 Å². The van der Waals surface area contributed by atoms with Crippen LogP contribution in [0.2, 0.25) is 0 Å². The van der Waals surface area contributed by atoms with Crippen LogP contribution in [0, 0.1) is 5.92 Å². The lowest BCUT2D eigenvalue weighted by Gasteiger charge is -2.15. The molecule has 0 radical (unpaired) electrons. The lowest BCUT2D eigenvalue weighted by atomic mass is 10.0. The Morgan fingerprint density at radius 1 is 1.19 bits per heavy atom. The normalized spacial score (nSPS) is 17.4. The van der Waals surface area contributed by atoms with Gasteiger partial charge >= 0.3 is 0 Å². The van der Waals surface area contributed by atoms with Gasteiger partial charge in [0.15, 0.2) is 0 Å². The minimum atomic E-state index is -3.84. The van der Waals surface area contributed by atoms with Gasteiger partial charge in [0.1, 0.15) is 0 Å². The Balaban J connectivity index is 2.32. The molecule has 1 aliphatic carbocycles. The third-order valence-electron chi connectivity index (χ3n) is 2.61. The van der Waals surface area contributed by atoms with E-state index in [1.54, 1.807) is 0 Å². The van der Waals surface area contributed by atoms with E-state index in [1.807, 2.05) is 0 Å². The zero-order valence-electron chi connectivity index (χ0n) is 8.16. The molecule has 0 bridgehead atoms. The average molecular weight is 267 g/mol. The van der Waals surface area contributed by atoms with Gasteiger partial charge in [0.25, 0.3) is 15.0 Å². The molecule has 0 aromatic heterocycles. The third-order valence-corrected chi connectivity index (χ3v) is 3.98. The molecule has 1 fully saturated rings. The molecule has 0 heterocycles. The van der Waals surface area contributed by atoms with E-state index < -0.39 is 20.9 Å². The minimum Gasteiger partial charge on any atom is -0.207 e. The molecule has 0 aliphatic heterocycles. The van der Waals surface area contributed by atoms with Crippen LogP contribution in [0.5, 0.6) is 0 Å². The molecular weight excluding hydrogens is 258 g/mol. The minimum absolute atomic E-state index is 0.154. The molecule has 88 valence electrons. The van der Waals surface area contributed by atoms with Crippen molar-refractivity contribution in [3.05, 3.63) is 29.8 Å². The van der Waals surface area contributed by atoms with Gasteiger partial charge in [-0.2, -0.15) is 0 Å². The number of benzene rings is 1. The molecule has 1 saturated carbocycles. The highest BCUT2D eigenvalue weighted by Gasteiger charge is 2.47. The lowest BCUT2D eigenvalue weighted by Crippen LogP contribution is -2.15. The van der Waals surface area contributed by atoms with Gasteiger partial charge in [0.05, 0.1) is 4.90 Å². The number of hydrogen-bond acceptors (Lipinski definition) is 2. The molecule has 0 unspecified atom stereocenters. The van der Waals surface area contributed by atoms with Gasteiger partial charge in [0, 0.05) is 22.2 Å². The Bertz CT molecular complexity index is 492. The third kappa shape index (κ3) is 2.20. The van der Waals surface area contributed by atoms with Crippen molar-refractivity contribution in [1.82, 2.24) is 0 Å². The number of alkyl halides is 2. The van der Waals surface area contributed by atoms with Crippen LogP contribution in [0.4, 0.5) is 8.78 Å². The highest BCUT2D eigenvalue weighted by atomic mass is 35.7. The Morgan fingerprint density at radius 2 is 1.69 bits per heavy atom. The first-order valence-electron chi connectivity index (χ1n) is 4.75. The van der Waals surface area contributed by atoms with Crippen LogP contribution in [0.1, 0.15) is 18.4 Å². The molecular formula is C10H9ClF2O2S. The van der Waals surface area contributed by atoms with Gasteiger partial charge < -0.3 is 0 Å². The number of halogens is 3. The van der Waals surface area contributed by atoms with Crippen molar-refractivity contribution in [2.24, 2.45) is 5.92 Å². The van der Waals surface area contributed by atoms with Crippen molar-refractivity contribution in [2.45, 2.75) is 23.7 Å².